The fourth-order valence-electron chi connectivity index (χ4n) is 1.53. The molecule has 0 unspecified atom stereocenters. The van der Waals surface area contributed by atoms with Crippen molar-refractivity contribution in [2.24, 2.45) is 5.73 Å². The number of nitrogens with two attached hydrogens (primary N) is 1. The molecule has 0 bridgehead atoms. The minimum Gasteiger partial charge on any atom is -0.365 e. The predicted octanol–water partition coefficient (Wildman–Crippen LogP) is 0.912. The molecule has 0 spiro atoms. The van der Waals surface area contributed by atoms with Gasteiger partial charge in [-0.3, -0.25) is 9.48 Å². The zero-order valence-electron chi connectivity index (χ0n) is 9.61. The van der Waals surface area contributed by atoms with Crippen LogP contribution in [0.3, 0.4) is 0 Å². The van der Waals surface area contributed by atoms with Crippen LogP contribution in [0.1, 0.15) is 23.9 Å². The van der Waals surface area contributed by atoms with E-state index in [4.69, 9.17) is 11.0 Å². The number of rotatable bonds is 3. The van der Waals surface area contributed by atoms with Crippen LogP contribution in [0.5, 0.6) is 0 Å². The van der Waals surface area contributed by atoms with Crippen LogP contribution in [-0.2, 0) is 11.3 Å². The van der Waals surface area contributed by atoms with Gasteiger partial charge in [0.25, 0.3) is 5.91 Å². The standard InChI is InChI=1S/C11H14N4O/c1-4-15-8(3)10(7(2)14-15)5-9(6-12)11(13)16/h5H,4H2,1-3H3,(H2,13,16). The molecule has 0 aliphatic heterocycles. The van der Waals surface area contributed by atoms with Gasteiger partial charge in [0.15, 0.2) is 0 Å². The molecule has 1 rings (SSSR count). The normalized spacial score (nSPS) is 11.2. The quantitative estimate of drug-likeness (QED) is 0.604. The summed E-state index contributed by atoms with van der Waals surface area (Å²) in [6.45, 7) is 6.46. The number of hydrogen-bond donors (Lipinski definition) is 1. The monoisotopic (exact) mass is 218 g/mol. The lowest BCUT2D eigenvalue weighted by atomic mass is 10.1. The van der Waals surface area contributed by atoms with Crippen molar-refractivity contribution in [3.63, 3.8) is 0 Å². The number of aromatic nitrogens is 2. The maximum atomic E-state index is 10.9. The molecule has 16 heavy (non-hydrogen) atoms. The Bertz CT molecular complexity index is 491. The number of aryl methyl sites for hydroxylation is 2. The second kappa shape index (κ2) is 4.62. The van der Waals surface area contributed by atoms with Gasteiger partial charge in [-0.05, 0) is 26.8 Å². The fourth-order valence-corrected chi connectivity index (χ4v) is 1.53. The fraction of sp³-hybridized carbons (Fsp3) is 0.364. The highest BCUT2D eigenvalue weighted by Gasteiger charge is 2.11. The smallest absolute Gasteiger partial charge is 0.259 e. The van der Waals surface area contributed by atoms with Crippen molar-refractivity contribution in [1.82, 2.24) is 9.78 Å². The van der Waals surface area contributed by atoms with Gasteiger partial charge in [0.2, 0.25) is 0 Å². The van der Waals surface area contributed by atoms with E-state index in [2.05, 4.69) is 5.10 Å². The first-order valence-electron chi connectivity index (χ1n) is 4.96. The third-order valence-corrected chi connectivity index (χ3v) is 2.41. The number of carbonyl (C=O) groups is 1. The maximum absolute atomic E-state index is 10.9. The van der Waals surface area contributed by atoms with Crippen LogP contribution >= 0.6 is 0 Å². The van der Waals surface area contributed by atoms with Crippen molar-refractivity contribution in [3.8, 4) is 6.07 Å². The van der Waals surface area contributed by atoms with E-state index < -0.39 is 5.91 Å². The summed E-state index contributed by atoms with van der Waals surface area (Å²) in [7, 11) is 0. The van der Waals surface area contributed by atoms with Crippen molar-refractivity contribution in [2.75, 3.05) is 0 Å². The second-order valence-corrected chi connectivity index (χ2v) is 3.43. The lowest BCUT2D eigenvalue weighted by molar-refractivity contribution is -0.114. The van der Waals surface area contributed by atoms with Gasteiger partial charge in [-0.15, -0.1) is 0 Å². The first kappa shape index (κ1) is 12.0. The molecule has 1 amide bonds. The molecule has 2 N–H and O–H groups in total. The number of amides is 1. The van der Waals surface area contributed by atoms with Crippen molar-refractivity contribution in [2.45, 2.75) is 27.3 Å². The first-order valence-corrected chi connectivity index (χ1v) is 4.96. The lowest BCUT2D eigenvalue weighted by Gasteiger charge is -1.98. The molecular weight excluding hydrogens is 204 g/mol. The molecule has 1 heterocycles. The highest BCUT2D eigenvalue weighted by Crippen LogP contribution is 2.16. The summed E-state index contributed by atoms with van der Waals surface area (Å²) in [4.78, 5) is 10.9. The molecule has 5 heteroatoms. The van der Waals surface area contributed by atoms with Crippen LogP contribution in [0, 0.1) is 25.2 Å². The van der Waals surface area contributed by atoms with Gasteiger partial charge in [-0.25, -0.2) is 0 Å². The number of hydrogen-bond acceptors (Lipinski definition) is 3. The molecule has 0 radical (unpaired) electrons. The summed E-state index contributed by atoms with van der Waals surface area (Å²) in [6.07, 6.45) is 1.49. The molecule has 0 saturated carbocycles. The molecule has 0 atom stereocenters. The molecule has 0 aliphatic carbocycles. The summed E-state index contributed by atoms with van der Waals surface area (Å²) in [5.41, 5.74) is 7.52. The average Bonchev–Trinajstić information content (AvgIpc) is 2.51. The Morgan fingerprint density at radius 3 is 2.62 bits per heavy atom. The van der Waals surface area contributed by atoms with E-state index in [9.17, 15) is 4.79 Å². The van der Waals surface area contributed by atoms with Gasteiger partial charge in [0, 0.05) is 17.8 Å². The van der Waals surface area contributed by atoms with Gasteiger partial charge in [-0.2, -0.15) is 10.4 Å². The predicted molar refractivity (Wildman–Crippen MR) is 60.2 cm³/mol. The molecule has 1 aromatic rings. The Morgan fingerprint density at radius 1 is 1.62 bits per heavy atom. The van der Waals surface area contributed by atoms with Gasteiger partial charge in [0.05, 0.1) is 5.69 Å². The number of nitriles is 1. The van der Waals surface area contributed by atoms with Crippen molar-refractivity contribution >= 4 is 12.0 Å². The molecule has 1 aromatic heterocycles. The third kappa shape index (κ3) is 2.11. The topological polar surface area (TPSA) is 84.7 Å². The minimum atomic E-state index is -0.717. The van der Waals surface area contributed by atoms with Crippen LogP contribution in [-0.4, -0.2) is 15.7 Å². The Kier molecular flexibility index (Phi) is 3.46. The van der Waals surface area contributed by atoms with E-state index in [1.165, 1.54) is 6.08 Å². The maximum Gasteiger partial charge on any atom is 0.259 e. The summed E-state index contributed by atoms with van der Waals surface area (Å²) in [5, 5.41) is 13.0. The van der Waals surface area contributed by atoms with Crippen LogP contribution in [0.2, 0.25) is 0 Å². The number of carbonyl (C=O) groups excluding carboxylic acids is 1. The van der Waals surface area contributed by atoms with E-state index in [-0.39, 0.29) is 5.57 Å². The summed E-state index contributed by atoms with van der Waals surface area (Å²) in [6, 6.07) is 1.78. The van der Waals surface area contributed by atoms with E-state index >= 15 is 0 Å². The zero-order valence-corrected chi connectivity index (χ0v) is 9.61. The van der Waals surface area contributed by atoms with Crippen molar-refractivity contribution in [3.05, 3.63) is 22.5 Å². The van der Waals surface area contributed by atoms with Gasteiger partial charge in [0.1, 0.15) is 11.6 Å². The molecule has 84 valence electrons. The van der Waals surface area contributed by atoms with Crippen LogP contribution in [0.15, 0.2) is 5.57 Å². The minimum absolute atomic E-state index is 0.0538. The molecular formula is C11H14N4O. The molecule has 0 aromatic carbocycles. The Morgan fingerprint density at radius 2 is 2.25 bits per heavy atom. The summed E-state index contributed by atoms with van der Waals surface area (Å²) < 4.78 is 1.82. The molecule has 0 fully saturated rings. The second-order valence-electron chi connectivity index (χ2n) is 3.43. The van der Waals surface area contributed by atoms with Crippen molar-refractivity contribution < 1.29 is 4.79 Å². The van der Waals surface area contributed by atoms with Crippen molar-refractivity contribution in [1.29, 1.82) is 5.26 Å². The Balaban J connectivity index is 3.30. The molecule has 0 aliphatic rings. The Labute approximate surface area is 94.2 Å². The van der Waals surface area contributed by atoms with Gasteiger partial charge < -0.3 is 5.73 Å². The van der Waals surface area contributed by atoms with Gasteiger partial charge >= 0.3 is 0 Å². The average molecular weight is 218 g/mol. The molecule has 5 nitrogen and oxygen atoms in total. The summed E-state index contributed by atoms with van der Waals surface area (Å²) >= 11 is 0. The number of nitrogens with zero attached hydrogens (tertiary/aromatic N) is 3. The van der Waals surface area contributed by atoms with E-state index in [0.717, 1.165) is 23.5 Å². The van der Waals surface area contributed by atoms with Crippen LogP contribution in [0.4, 0.5) is 0 Å². The van der Waals surface area contributed by atoms with Gasteiger partial charge in [-0.1, -0.05) is 0 Å². The van der Waals surface area contributed by atoms with E-state index in [1.807, 2.05) is 25.5 Å². The van der Waals surface area contributed by atoms with Crippen LogP contribution in [0.25, 0.3) is 6.08 Å². The third-order valence-electron chi connectivity index (χ3n) is 2.41. The number of primary amides is 1. The zero-order chi connectivity index (χ0) is 12.3. The first-order chi connectivity index (χ1) is 7.51. The molecule has 0 saturated heterocycles. The summed E-state index contributed by atoms with van der Waals surface area (Å²) in [5.74, 6) is -0.717. The largest absolute Gasteiger partial charge is 0.365 e. The van der Waals surface area contributed by atoms with Crippen LogP contribution < -0.4 is 5.73 Å². The highest BCUT2D eigenvalue weighted by atomic mass is 16.1. The highest BCUT2D eigenvalue weighted by molar-refractivity contribution is 6.00. The van der Waals surface area contributed by atoms with E-state index in [1.54, 1.807) is 6.07 Å². The SMILES string of the molecule is CCn1nc(C)c(C=C(C#N)C(N)=O)c1C. The lowest BCUT2D eigenvalue weighted by Crippen LogP contribution is -2.12. The van der Waals surface area contributed by atoms with E-state index in [0.29, 0.717) is 0 Å². The Hall–Kier alpha value is -2.09.